The van der Waals surface area contributed by atoms with Crippen molar-refractivity contribution in [2.24, 2.45) is 0 Å². The van der Waals surface area contributed by atoms with Crippen molar-refractivity contribution in [3.63, 3.8) is 0 Å². The number of benzene rings is 12. The Hall–Kier alpha value is -8.14. The molecule has 0 spiro atoms. The third kappa shape index (κ3) is 8.22. The molecule has 70 heavy (non-hydrogen) atoms. The monoisotopic (exact) mass is 912 g/mol. The smallest absolute Gasteiger partial charge is 0.123 e. The summed E-state index contributed by atoms with van der Waals surface area (Å²) in [6.45, 7) is 12.4. The molecule has 1 aliphatic rings. The van der Waals surface area contributed by atoms with Gasteiger partial charge in [0.15, 0.2) is 0 Å². The molecule has 0 unspecified atom stereocenters. The average molecular weight is 913 g/mol. The minimum Gasteiger partial charge on any atom is -0.508 e. The van der Waals surface area contributed by atoms with Crippen molar-refractivity contribution < 1.29 is 15.3 Å². The third-order valence-corrected chi connectivity index (χ3v) is 13.8. The standard InChI is InChI=1S/C33H22O2.C20H12O.C10H14.2C2H6/c34-27-15-11-21-17-25(13-9-23(21)19-27)33(26-14-10-24-20-28(35)16-12-22(24)18-26)31-7-3-1-5-29(31)30-6-2-4-8-32(30)33;21-18-11-10-16-14-7-2-5-12-4-1-6-13(19(12)14)15-8-3-9-17(18)20(15)16;1-3-9-5-7-10(4-2)8-6-9;2*1-2/h1-20,34-35H;1-11,21H;5-8H,3-4H2,1-2H3;2*1-2H3. The molecular formula is C67H60O3. The van der Waals surface area contributed by atoms with E-state index in [-0.39, 0.29) is 11.5 Å². The lowest BCUT2D eigenvalue weighted by Crippen LogP contribution is -2.28. The molecule has 1 aliphatic carbocycles. The topological polar surface area (TPSA) is 60.7 Å². The Morgan fingerprint density at radius 1 is 0.329 bits per heavy atom. The molecule has 0 saturated heterocycles. The van der Waals surface area contributed by atoms with Gasteiger partial charge in [-0.1, -0.05) is 211 Å². The summed E-state index contributed by atoms with van der Waals surface area (Å²) in [6, 6.07) is 73.3. The average Bonchev–Trinajstić information content (AvgIpc) is 3.73. The summed E-state index contributed by atoms with van der Waals surface area (Å²) in [5.41, 5.74) is 9.76. The molecule has 0 fully saturated rings. The molecule has 0 bridgehead atoms. The van der Waals surface area contributed by atoms with Crippen LogP contribution in [0.2, 0.25) is 0 Å². The molecule has 12 aromatic rings. The molecule has 0 saturated carbocycles. The minimum atomic E-state index is -0.495. The molecule has 0 aliphatic heterocycles. The summed E-state index contributed by atoms with van der Waals surface area (Å²) >= 11 is 0. The van der Waals surface area contributed by atoms with Gasteiger partial charge in [0.25, 0.3) is 0 Å². The van der Waals surface area contributed by atoms with Crippen LogP contribution in [0.25, 0.3) is 75.8 Å². The van der Waals surface area contributed by atoms with Crippen molar-refractivity contribution in [1.82, 2.24) is 0 Å². The van der Waals surface area contributed by atoms with E-state index in [9.17, 15) is 15.3 Å². The van der Waals surface area contributed by atoms with Crippen LogP contribution in [-0.2, 0) is 18.3 Å². The SMILES string of the molecule is CC.CC.CCc1ccc(CC)cc1.Oc1ccc2c3cccc4cccc(c5cccc1c52)c43.Oc1ccc2cc(C3(c4ccc5cc(O)ccc5c4)c4ccccc4-c4ccccc43)ccc2c1. The van der Waals surface area contributed by atoms with Gasteiger partial charge < -0.3 is 15.3 Å². The van der Waals surface area contributed by atoms with Crippen molar-refractivity contribution >= 4 is 64.6 Å². The Labute approximate surface area is 411 Å². The maximum absolute atomic E-state index is 10.2. The summed E-state index contributed by atoms with van der Waals surface area (Å²) in [4.78, 5) is 0. The van der Waals surface area contributed by atoms with Gasteiger partial charge >= 0.3 is 0 Å². The highest BCUT2D eigenvalue weighted by atomic mass is 16.3. The van der Waals surface area contributed by atoms with Gasteiger partial charge in [-0.25, -0.2) is 0 Å². The summed E-state index contributed by atoms with van der Waals surface area (Å²) < 4.78 is 0. The number of hydrogen-bond donors (Lipinski definition) is 3. The second kappa shape index (κ2) is 20.2. The van der Waals surface area contributed by atoms with Crippen LogP contribution in [0.1, 0.15) is 74.9 Å². The molecule has 0 radical (unpaired) electrons. The fourth-order valence-corrected chi connectivity index (χ4v) is 10.6. The first-order valence-corrected chi connectivity index (χ1v) is 24.9. The molecule has 0 amide bonds. The molecule has 3 heteroatoms. The molecule has 0 atom stereocenters. The zero-order valence-corrected chi connectivity index (χ0v) is 41.0. The molecule has 3 N–H and O–H groups in total. The lowest BCUT2D eigenvalue weighted by atomic mass is 9.67. The van der Waals surface area contributed by atoms with E-state index in [1.54, 1.807) is 18.2 Å². The lowest BCUT2D eigenvalue weighted by Gasteiger charge is -2.34. The molecule has 0 heterocycles. The molecule has 13 rings (SSSR count). The Morgan fingerprint density at radius 3 is 1.21 bits per heavy atom. The van der Waals surface area contributed by atoms with Crippen molar-refractivity contribution in [3.8, 4) is 28.4 Å². The molecular weight excluding hydrogens is 853 g/mol. The normalized spacial score (nSPS) is 12.0. The highest BCUT2D eigenvalue weighted by Gasteiger charge is 2.46. The number of rotatable bonds is 4. The van der Waals surface area contributed by atoms with E-state index in [0.29, 0.717) is 5.75 Å². The summed E-state index contributed by atoms with van der Waals surface area (Å²) in [6.07, 6.45) is 2.29. The number of fused-ring (bicyclic) bond motifs is 7. The van der Waals surface area contributed by atoms with Crippen LogP contribution >= 0.6 is 0 Å². The maximum atomic E-state index is 10.2. The van der Waals surface area contributed by atoms with E-state index >= 15 is 0 Å². The van der Waals surface area contributed by atoms with Crippen molar-refractivity contribution in [2.75, 3.05) is 0 Å². The van der Waals surface area contributed by atoms with Crippen LogP contribution in [0.5, 0.6) is 17.2 Å². The first-order chi connectivity index (χ1) is 34.3. The second-order valence-corrected chi connectivity index (χ2v) is 17.4. The highest BCUT2D eigenvalue weighted by Crippen LogP contribution is 2.56. The van der Waals surface area contributed by atoms with Crippen molar-refractivity contribution in [3.05, 3.63) is 246 Å². The molecule has 0 aromatic heterocycles. The van der Waals surface area contributed by atoms with Gasteiger partial charge in [-0.15, -0.1) is 0 Å². The van der Waals surface area contributed by atoms with E-state index in [4.69, 9.17) is 0 Å². The molecule has 12 aromatic carbocycles. The van der Waals surface area contributed by atoms with Crippen molar-refractivity contribution in [1.29, 1.82) is 0 Å². The first kappa shape index (κ1) is 46.9. The number of hydrogen-bond acceptors (Lipinski definition) is 3. The summed E-state index contributed by atoms with van der Waals surface area (Å²) in [5.74, 6) is 0.894. The molecule has 346 valence electrons. The van der Waals surface area contributed by atoms with Gasteiger partial charge in [-0.2, -0.15) is 0 Å². The van der Waals surface area contributed by atoms with E-state index in [1.807, 2.05) is 70.2 Å². The van der Waals surface area contributed by atoms with Crippen LogP contribution in [0, 0.1) is 0 Å². The highest BCUT2D eigenvalue weighted by molar-refractivity contribution is 6.33. The van der Waals surface area contributed by atoms with E-state index in [0.717, 1.165) is 45.2 Å². The predicted molar refractivity (Wildman–Crippen MR) is 299 cm³/mol. The van der Waals surface area contributed by atoms with E-state index in [2.05, 4.69) is 166 Å². The quantitative estimate of drug-likeness (QED) is 0.122. The number of aryl methyl sites for hydroxylation is 2. The Morgan fingerprint density at radius 2 is 0.729 bits per heavy atom. The summed E-state index contributed by atoms with van der Waals surface area (Å²) in [5, 5.41) is 44.0. The van der Waals surface area contributed by atoms with Crippen LogP contribution in [0.3, 0.4) is 0 Å². The van der Waals surface area contributed by atoms with E-state index in [1.165, 1.54) is 76.8 Å². The Kier molecular flexibility index (Phi) is 13.6. The van der Waals surface area contributed by atoms with Crippen LogP contribution < -0.4 is 0 Å². The van der Waals surface area contributed by atoms with Gasteiger partial charge in [0, 0.05) is 10.8 Å². The fraction of sp³-hybridized carbons (Fsp3) is 0.134. The van der Waals surface area contributed by atoms with Crippen LogP contribution in [0.4, 0.5) is 0 Å². The maximum Gasteiger partial charge on any atom is 0.123 e. The minimum absolute atomic E-state index is 0.273. The van der Waals surface area contributed by atoms with Crippen LogP contribution in [0.15, 0.2) is 212 Å². The van der Waals surface area contributed by atoms with Gasteiger partial charge in [0.05, 0.1) is 5.41 Å². The predicted octanol–water partition coefficient (Wildman–Crippen LogP) is 18.1. The number of phenolic OH excluding ortho intramolecular Hbond substituents is 3. The number of phenols is 3. The first-order valence-electron chi connectivity index (χ1n) is 24.9. The van der Waals surface area contributed by atoms with Gasteiger partial charge in [0.2, 0.25) is 0 Å². The zero-order chi connectivity index (χ0) is 48.9. The Balaban J connectivity index is 0.000000146. The van der Waals surface area contributed by atoms with Crippen LogP contribution in [-0.4, -0.2) is 15.3 Å². The van der Waals surface area contributed by atoms with Gasteiger partial charge in [0.1, 0.15) is 17.2 Å². The zero-order valence-electron chi connectivity index (χ0n) is 41.0. The third-order valence-electron chi connectivity index (χ3n) is 13.8. The Bertz CT molecular complexity index is 3560. The largest absolute Gasteiger partial charge is 0.508 e. The van der Waals surface area contributed by atoms with E-state index < -0.39 is 5.41 Å². The second-order valence-electron chi connectivity index (χ2n) is 17.4. The lowest BCUT2D eigenvalue weighted by molar-refractivity contribution is 0.475. The van der Waals surface area contributed by atoms with Crippen molar-refractivity contribution in [2.45, 2.75) is 59.8 Å². The number of aromatic hydroxyl groups is 3. The van der Waals surface area contributed by atoms with Gasteiger partial charge in [-0.05, 0) is 154 Å². The fourth-order valence-electron chi connectivity index (χ4n) is 10.6. The summed E-state index contributed by atoms with van der Waals surface area (Å²) in [7, 11) is 0. The van der Waals surface area contributed by atoms with Gasteiger partial charge in [-0.3, -0.25) is 0 Å². The molecule has 3 nitrogen and oxygen atoms in total.